The molecule has 3 heterocycles. The number of nitrogens with zero attached hydrogens (tertiary/aromatic N) is 3. The van der Waals surface area contributed by atoms with Gasteiger partial charge in [-0.15, -0.1) is 0 Å². The number of halogens is 1. The molecule has 2 aromatic carbocycles. The van der Waals surface area contributed by atoms with E-state index in [0.717, 1.165) is 0 Å². The van der Waals surface area contributed by atoms with Gasteiger partial charge in [-0.1, -0.05) is 17.3 Å². The van der Waals surface area contributed by atoms with Gasteiger partial charge in [0.1, 0.15) is 5.82 Å². The van der Waals surface area contributed by atoms with E-state index in [-0.39, 0.29) is 18.7 Å². The van der Waals surface area contributed by atoms with Gasteiger partial charge in [-0.25, -0.2) is 9.18 Å². The average molecular weight is 466 g/mol. The second kappa shape index (κ2) is 9.14. The quantitative estimate of drug-likeness (QED) is 0.523. The van der Waals surface area contributed by atoms with Gasteiger partial charge in [0.2, 0.25) is 12.6 Å². The maximum atomic E-state index is 14.0. The third kappa shape index (κ3) is 4.08. The molecular formula is C24H23FN4O5. The van der Waals surface area contributed by atoms with Gasteiger partial charge in [0.15, 0.2) is 11.5 Å². The van der Waals surface area contributed by atoms with E-state index >= 15 is 0 Å². The SMILES string of the molecule is COCCCN1C(=O)NC(c2cccc(F)c2)C(c2nc(-c3ccc4c(c3)OCO4)no2)=C1C. The number of allylic oxidation sites excluding steroid dienone is 1. The molecule has 9 nitrogen and oxygen atoms in total. The van der Waals surface area contributed by atoms with Crippen LogP contribution >= 0.6 is 0 Å². The van der Waals surface area contributed by atoms with E-state index in [1.165, 1.54) is 12.1 Å². The number of aromatic nitrogens is 2. The van der Waals surface area contributed by atoms with E-state index in [1.807, 2.05) is 13.0 Å². The van der Waals surface area contributed by atoms with Crippen LogP contribution in [0, 0.1) is 5.82 Å². The predicted octanol–water partition coefficient (Wildman–Crippen LogP) is 4.14. The Hall–Kier alpha value is -3.92. The molecule has 1 unspecified atom stereocenters. The Kier molecular flexibility index (Phi) is 5.89. The molecule has 1 aromatic heterocycles. The Bertz CT molecular complexity index is 1260. The fraction of sp³-hybridized carbons (Fsp3) is 0.292. The van der Waals surface area contributed by atoms with Crippen LogP contribution in [0.5, 0.6) is 11.5 Å². The van der Waals surface area contributed by atoms with E-state index in [1.54, 1.807) is 36.3 Å². The summed E-state index contributed by atoms with van der Waals surface area (Å²) in [6.45, 7) is 2.93. The molecule has 0 saturated carbocycles. The van der Waals surface area contributed by atoms with Gasteiger partial charge in [-0.2, -0.15) is 4.98 Å². The van der Waals surface area contributed by atoms with Crippen LogP contribution in [0.3, 0.4) is 0 Å². The molecule has 5 rings (SSSR count). The lowest BCUT2D eigenvalue weighted by Crippen LogP contribution is -2.46. The summed E-state index contributed by atoms with van der Waals surface area (Å²) < 4.78 is 35.6. The number of nitrogens with one attached hydrogen (secondary N) is 1. The molecule has 1 atom stereocenters. The highest BCUT2D eigenvalue weighted by Gasteiger charge is 2.35. The zero-order chi connectivity index (χ0) is 23.7. The van der Waals surface area contributed by atoms with Gasteiger partial charge in [0.05, 0.1) is 11.6 Å². The molecule has 2 aliphatic rings. The summed E-state index contributed by atoms with van der Waals surface area (Å²) in [5.74, 6) is 1.44. The summed E-state index contributed by atoms with van der Waals surface area (Å²) in [6, 6.07) is 10.5. The lowest BCUT2D eigenvalue weighted by molar-refractivity contribution is 0.173. The summed E-state index contributed by atoms with van der Waals surface area (Å²) >= 11 is 0. The molecular weight excluding hydrogens is 443 g/mol. The van der Waals surface area contributed by atoms with Crippen molar-refractivity contribution in [3.05, 3.63) is 65.4 Å². The number of carbonyl (C=O) groups excluding carboxylic acids is 1. The van der Waals surface area contributed by atoms with Crippen molar-refractivity contribution >= 4 is 11.6 Å². The number of hydrogen-bond donors (Lipinski definition) is 1. The fourth-order valence-electron chi connectivity index (χ4n) is 4.12. The number of methoxy groups -OCH3 is 1. The van der Waals surface area contributed by atoms with Crippen molar-refractivity contribution in [2.24, 2.45) is 0 Å². The molecule has 3 aromatic rings. The Morgan fingerprint density at radius 2 is 2.06 bits per heavy atom. The van der Waals surface area contributed by atoms with E-state index < -0.39 is 11.9 Å². The number of benzene rings is 2. The first-order valence-electron chi connectivity index (χ1n) is 10.8. The molecule has 0 saturated heterocycles. The zero-order valence-electron chi connectivity index (χ0n) is 18.7. The standard InChI is InChI=1S/C24H23FN4O5/c1-14-20(23-27-22(28-34-23)16-7-8-18-19(12-16)33-13-32-18)21(15-5-3-6-17(25)11-15)26-24(30)29(14)9-4-10-31-2/h3,5-8,11-12,21H,4,9-10,13H2,1-2H3,(H,26,30). The highest BCUT2D eigenvalue weighted by atomic mass is 19.1. The second-order valence-electron chi connectivity index (χ2n) is 7.93. The maximum Gasteiger partial charge on any atom is 0.322 e. The number of ether oxygens (including phenoxy) is 3. The van der Waals surface area contributed by atoms with Crippen molar-refractivity contribution in [2.45, 2.75) is 19.4 Å². The third-order valence-corrected chi connectivity index (χ3v) is 5.80. The van der Waals surface area contributed by atoms with Crippen LogP contribution in [0.15, 0.2) is 52.7 Å². The minimum atomic E-state index is -0.660. The lowest BCUT2D eigenvalue weighted by Gasteiger charge is -2.35. The van der Waals surface area contributed by atoms with Crippen molar-refractivity contribution in [3.8, 4) is 22.9 Å². The molecule has 0 radical (unpaired) electrons. The number of rotatable bonds is 7. The number of urea groups is 1. The van der Waals surface area contributed by atoms with Gasteiger partial charge < -0.3 is 24.1 Å². The molecule has 1 N–H and O–H groups in total. The van der Waals surface area contributed by atoms with Crippen LogP contribution in [0.1, 0.15) is 30.8 Å². The largest absolute Gasteiger partial charge is 0.454 e. The van der Waals surface area contributed by atoms with Crippen molar-refractivity contribution in [1.29, 1.82) is 0 Å². The molecule has 0 aliphatic carbocycles. The van der Waals surface area contributed by atoms with Crippen LogP contribution in [0.2, 0.25) is 0 Å². The molecule has 2 amide bonds. The second-order valence-corrected chi connectivity index (χ2v) is 7.93. The first-order valence-corrected chi connectivity index (χ1v) is 10.8. The van der Waals surface area contributed by atoms with Crippen molar-refractivity contribution in [2.75, 3.05) is 27.1 Å². The number of carbonyl (C=O) groups is 1. The smallest absolute Gasteiger partial charge is 0.322 e. The van der Waals surface area contributed by atoms with Crippen LogP contribution < -0.4 is 14.8 Å². The van der Waals surface area contributed by atoms with E-state index in [4.69, 9.17) is 18.7 Å². The number of amides is 2. The van der Waals surface area contributed by atoms with E-state index in [2.05, 4.69) is 15.5 Å². The van der Waals surface area contributed by atoms with Gasteiger partial charge in [-0.3, -0.25) is 4.90 Å². The summed E-state index contributed by atoms with van der Waals surface area (Å²) in [4.78, 5) is 19.1. The summed E-state index contributed by atoms with van der Waals surface area (Å²) in [5, 5.41) is 7.10. The molecule has 0 spiro atoms. The van der Waals surface area contributed by atoms with Gasteiger partial charge in [0.25, 0.3) is 5.89 Å². The zero-order valence-corrected chi connectivity index (χ0v) is 18.7. The molecule has 34 heavy (non-hydrogen) atoms. The molecule has 10 heteroatoms. The van der Waals surface area contributed by atoms with Crippen LogP contribution in [0.25, 0.3) is 17.0 Å². The Balaban J connectivity index is 1.55. The Morgan fingerprint density at radius 1 is 1.21 bits per heavy atom. The van der Waals surface area contributed by atoms with Crippen molar-refractivity contribution in [3.63, 3.8) is 0 Å². The van der Waals surface area contributed by atoms with Crippen LogP contribution in [-0.2, 0) is 4.74 Å². The third-order valence-electron chi connectivity index (χ3n) is 5.80. The van der Waals surface area contributed by atoms with E-state index in [9.17, 15) is 9.18 Å². The highest BCUT2D eigenvalue weighted by Crippen LogP contribution is 2.39. The van der Waals surface area contributed by atoms with Crippen LogP contribution in [-0.4, -0.2) is 48.1 Å². The van der Waals surface area contributed by atoms with Gasteiger partial charge in [-0.05, 0) is 49.2 Å². The Morgan fingerprint density at radius 3 is 2.88 bits per heavy atom. The minimum absolute atomic E-state index is 0.163. The van der Waals surface area contributed by atoms with Gasteiger partial charge in [0, 0.05) is 31.5 Å². The van der Waals surface area contributed by atoms with Crippen LogP contribution in [0.4, 0.5) is 9.18 Å². The number of hydrogen-bond acceptors (Lipinski definition) is 7. The Labute approximate surface area is 195 Å². The minimum Gasteiger partial charge on any atom is -0.454 e. The first kappa shape index (κ1) is 21.9. The molecule has 0 fully saturated rings. The number of fused-ring (bicyclic) bond motifs is 1. The monoisotopic (exact) mass is 466 g/mol. The molecule has 2 aliphatic heterocycles. The summed E-state index contributed by atoms with van der Waals surface area (Å²) in [7, 11) is 1.61. The average Bonchev–Trinajstić information content (AvgIpc) is 3.50. The summed E-state index contributed by atoms with van der Waals surface area (Å²) in [6.07, 6.45) is 0.644. The highest BCUT2D eigenvalue weighted by molar-refractivity contribution is 5.86. The van der Waals surface area contributed by atoms with E-state index in [0.29, 0.717) is 59.3 Å². The predicted molar refractivity (Wildman–Crippen MR) is 119 cm³/mol. The van der Waals surface area contributed by atoms with Crippen molar-refractivity contribution < 1.29 is 27.9 Å². The normalized spacial score (nSPS) is 17.3. The molecule has 0 bridgehead atoms. The summed E-state index contributed by atoms with van der Waals surface area (Å²) in [5.41, 5.74) is 2.51. The first-order chi connectivity index (χ1) is 16.5. The topological polar surface area (TPSA) is 99.0 Å². The van der Waals surface area contributed by atoms with Crippen molar-refractivity contribution in [1.82, 2.24) is 20.4 Å². The maximum absolute atomic E-state index is 14.0. The fourth-order valence-corrected chi connectivity index (χ4v) is 4.12. The molecule has 176 valence electrons. The lowest BCUT2D eigenvalue weighted by atomic mass is 9.94. The van der Waals surface area contributed by atoms with Gasteiger partial charge >= 0.3 is 6.03 Å².